The predicted octanol–water partition coefficient (Wildman–Crippen LogP) is 3.05. The lowest BCUT2D eigenvalue weighted by atomic mass is 9.93. The van der Waals surface area contributed by atoms with E-state index in [0.717, 1.165) is 43.0 Å². The van der Waals surface area contributed by atoms with Gasteiger partial charge in [-0.15, -0.1) is 0 Å². The molecule has 0 N–H and O–H groups in total. The van der Waals surface area contributed by atoms with Crippen LogP contribution in [0.5, 0.6) is 0 Å². The van der Waals surface area contributed by atoms with Crippen LogP contribution in [0, 0.1) is 5.92 Å². The molecule has 108 valence electrons. The largest absolute Gasteiger partial charge is 0.331 e. The van der Waals surface area contributed by atoms with E-state index >= 15 is 0 Å². The number of aryl methyl sites for hydroxylation is 1. The Bertz CT molecular complexity index is 563. The van der Waals surface area contributed by atoms with Crippen LogP contribution in [0.4, 0.5) is 0 Å². The molecular weight excluding hydrogens is 284 g/mol. The van der Waals surface area contributed by atoms with Crippen LogP contribution >= 0.6 is 10.7 Å². The smallest absolute Gasteiger partial charge is 0.238 e. The third-order valence-electron chi connectivity index (χ3n) is 3.96. The predicted molar refractivity (Wildman–Crippen MR) is 76.9 cm³/mol. The maximum Gasteiger partial charge on any atom is 0.238 e. The summed E-state index contributed by atoms with van der Waals surface area (Å²) in [5.41, 5.74) is 1.71. The minimum atomic E-state index is -3.55. The second-order valence-corrected chi connectivity index (χ2v) is 8.46. The Morgan fingerprint density at radius 1 is 1.32 bits per heavy atom. The van der Waals surface area contributed by atoms with E-state index in [1.165, 1.54) is 0 Å². The highest BCUT2D eigenvalue weighted by Gasteiger charge is 2.26. The Balaban J connectivity index is 2.49. The maximum atomic E-state index is 11.5. The van der Waals surface area contributed by atoms with Gasteiger partial charge in [-0.3, -0.25) is 0 Å². The molecule has 6 heteroatoms. The molecule has 0 saturated heterocycles. The van der Waals surface area contributed by atoms with Crippen LogP contribution in [0.2, 0.25) is 0 Å². The summed E-state index contributed by atoms with van der Waals surface area (Å²) < 4.78 is 25.0. The van der Waals surface area contributed by atoms with Crippen molar-refractivity contribution in [1.29, 1.82) is 0 Å². The van der Waals surface area contributed by atoms with Gasteiger partial charge in [0.1, 0.15) is 11.6 Å². The molecule has 19 heavy (non-hydrogen) atoms. The van der Waals surface area contributed by atoms with E-state index in [1.54, 1.807) is 0 Å². The summed E-state index contributed by atoms with van der Waals surface area (Å²) in [6, 6.07) is 0. The fraction of sp³-hybridized carbons (Fsp3) is 0.769. The zero-order valence-corrected chi connectivity index (χ0v) is 13.3. The topological polar surface area (TPSA) is 52.0 Å². The molecule has 0 unspecified atom stereocenters. The second-order valence-electron chi connectivity index (χ2n) is 5.68. The highest BCUT2D eigenvalue weighted by Crippen LogP contribution is 2.31. The zero-order valence-electron chi connectivity index (χ0n) is 11.7. The van der Waals surface area contributed by atoms with Crippen molar-refractivity contribution in [3.8, 4) is 0 Å². The van der Waals surface area contributed by atoms with E-state index in [-0.39, 0.29) is 11.7 Å². The number of halogens is 1. The summed E-state index contributed by atoms with van der Waals surface area (Å²) in [6.45, 7) is 7.21. The fourth-order valence-electron chi connectivity index (χ4n) is 2.56. The molecule has 1 aliphatic rings. The van der Waals surface area contributed by atoms with Crippen molar-refractivity contribution >= 4 is 19.7 Å². The van der Waals surface area contributed by atoms with E-state index in [1.807, 2.05) is 0 Å². The van der Waals surface area contributed by atoms with E-state index in [0.29, 0.717) is 5.92 Å². The van der Waals surface area contributed by atoms with Crippen LogP contribution in [0.3, 0.4) is 0 Å². The summed E-state index contributed by atoms with van der Waals surface area (Å²) in [7, 11) is 1.90. The van der Waals surface area contributed by atoms with Crippen LogP contribution in [-0.2, 0) is 27.8 Å². The Morgan fingerprint density at radius 3 is 2.58 bits per heavy atom. The first-order chi connectivity index (χ1) is 8.79. The zero-order chi connectivity index (χ0) is 14.2. The lowest BCUT2D eigenvalue weighted by molar-refractivity contribution is 0.509. The van der Waals surface area contributed by atoms with Crippen molar-refractivity contribution < 1.29 is 8.42 Å². The highest BCUT2D eigenvalue weighted by molar-refractivity contribution is 8.13. The van der Waals surface area contributed by atoms with Crippen LogP contribution < -0.4 is 0 Å². The van der Waals surface area contributed by atoms with Gasteiger partial charge in [0.2, 0.25) is 9.05 Å². The molecule has 2 rings (SSSR count). The number of fused-ring (bicyclic) bond motifs is 1. The number of hydrogen-bond acceptors (Lipinski definition) is 3. The van der Waals surface area contributed by atoms with Crippen molar-refractivity contribution in [2.45, 2.75) is 58.2 Å². The van der Waals surface area contributed by atoms with Gasteiger partial charge in [-0.1, -0.05) is 20.8 Å². The minimum Gasteiger partial charge on any atom is -0.331 e. The van der Waals surface area contributed by atoms with Crippen molar-refractivity contribution in [2.24, 2.45) is 5.92 Å². The van der Waals surface area contributed by atoms with E-state index in [2.05, 4.69) is 25.3 Å². The third kappa shape index (κ3) is 3.31. The standard InChI is InChI=1S/C13H21ClN2O2S/c1-9(2)10(3)13-11(8-19(14,17)18)16-7-5-4-6-12(16)15-13/h9-10H,4-8H2,1-3H3/t10-/m0/s1. The van der Waals surface area contributed by atoms with E-state index in [9.17, 15) is 8.42 Å². The van der Waals surface area contributed by atoms with Gasteiger partial charge in [0.05, 0.1) is 11.4 Å². The molecule has 0 fully saturated rings. The molecule has 0 spiro atoms. The summed E-state index contributed by atoms with van der Waals surface area (Å²) >= 11 is 0. The van der Waals surface area contributed by atoms with Gasteiger partial charge in [-0.2, -0.15) is 0 Å². The molecule has 1 aromatic heterocycles. The van der Waals surface area contributed by atoms with Gasteiger partial charge in [0, 0.05) is 29.6 Å². The fourth-order valence-corrected chi connectivity index (χ4v) is 3.50. The molecule has 0 amide bonds. The monoisotopic (exact) mass is 304 g/mol. The minimum absolute atomic E-state index is 0.117. The molecule has 0 aromatic carbocycles. The molecule has 0 bridgehead atoms. The molecule has 1 aliphatic heterocycles. The molecular formula is C13H21ClN2O2S. The number of hydrogen-bond donors (Lipinski definition) is 0. The SMILES string of the molecule is CC(C)[C@H](C)c1nc2n(c1CS(=O)(=O)Cl)CCCC2. The Labute approximate surface area is 119 Å². The molecule has 0 radical (unpaired) electrons. The van der Waals surface area contributed by atoms with E-state index in [4.69, 9.17) is 15.7 Å². The number of rotatable bonds is 4. The molecule has 4 nitrogen and oxygen atoms in total. The Hall–Kier alpha value is -0.550. The summed E-state index contributed by atoms with van der Waals surface area (Å²) in [5.74, 6) is 1.57. The number of imidazole rings is 1. The third-order valence-corrected chi connectivity index (χ3v) is 4.90. The van der Waals surface area contributed by atoms with Gasteiger partial charge >= 0.3 is 0 Å². The quantitative estimate of drug-likeness (QED) is 0.803. The van der Waals surface area contributed by atoms with Gasteiger partial charge in [0.25, 0.3) is 0 Å². The maximum absolute atomic E-state index is 11.5. The first kappa shape index (κ1) is 14.9. The lowest BCUT2D eigenvalue weighted by Crippen LogP contribution is -2.15. The average molecular weight is 305 g/mol. The van der Waals surface area contributed by atoms with Crippen LogP contribution in [0.25, 0.3) is 0 Å². The summed E-state index contributed by atoms with van der Waals surface area (Å²) in [5, 5.41) is 0. The van der Waals surface area contributed by atoms with Crippen molar-refractivity contribution in [2.75, 3.05) is 0 Å². The molecule has 1 aromatic rings. The van der Waals surface area contributed by atoms with Gasteiger partial charge in [-0.25, -0.2) is 13.4 Å². The van der Waals surface area contributed by atoms with Crippen LogP contribution in [0.1, 0.15) is 56.7 Å². The lowest BCUT2D eigenvalue weighted by Gasteiger charge is -2.18. The van der Waals surface area contributed by atoms with Crippen molar-refractivity contribution in [3.63, 3.8) is 0 Å². The van der Waals surface area contributed by atoms with E-state index < -0.39 is 9.05 Å². The normalized spacial score (nSPS) is 17.5. The van der Waals surface area contributed by atoms with Crippen LogP contribution in [-0.4, -0.2) is 18.0 Å². The first-order valence-corrected chi connectivity index (χ1v) is 9.28. The van der Waals surface area contributed by atoms with Gasteiger partial charge in [-0.05, 0) is 18.8 Å². The van der Waals surface area contributed by atoms with Crippen molar-refractivity contribution in [1.82, 2.24) is 9.55 Å². The van der Waals surface area contributed by atoms with Gasteiger partial charge < -0.3 is 4.57 Å². The molecule has 0 aliphatic carbocycles. The van der Waals surface area contributed by atoms with Crippen molar-refractivity contribution in [3.05, 3.63) is 17.2 Å². The highest BCUT2D eigenvalue weighted by atomic mass is 35.7. The Kier molecular flexibility index (Phi) is 4.26. The van der Waals surface area contributed by atoms with Gasteiger partial charge in [0.15, 0.2) is 0 Å². The van der Waals surface area contributed by atoms with Crippen LogP contribution in [0.15, 0.2) is 0 Å². The molecule has 2 heterocycles. The summed E-state index contributed by atoms with van der Waals surface area (Å²) in [6.07, 6.45) is 3.13. The number of aromatic nitrogens is 2. The average Bonchev–Trinajstić information content (AvgIpc) is 2.65. The molecule has 1 atom stereocenters. The molecule has 0 saturated carbocycles. The first-order valence-electron chi connectivity index (χ1n) is 6.80. The second kappa shape index (κ2) is 5.44. The Morgan fingerprint density at radius 2 is 2.00 bits per heavy atom. The summed E-state index contributed by atoms with van der Waals surface area (Å²) in [4.78, 5) is 4.70. The number of nitrogens with zero attached hydrogens (tertiary/aromatic N) is 2.